The third-order valence-corrected chi connectivity index (χ3v) is 3.45. The van der Waals surface area contributed by atoms with Crippen molar-refractivity contribution in [1.29, 1.82) is 0 Å². The van der Waals surface area contributed by atoms with Gasteiger partial charge in [-0.3, -0.25) is 19.5 Å². The summed E-state index contributed by atoms with van der Waals surface area (Å²) in [6, 6.07) is 0. The lowest BCUT2D eigenvalue weighted by Crippen LogP contribution is -2.30. The molecular formula is C9H14N8O2S. The van der Waals surface area contributed by atoms with Gasteiger partial charge in [0.25, 0.3) is 5.91 Å². The largest absolute Gasteiger partial charge is 0.343 e. The van der Waals surface area contributed by atoms with Crippen molar-refractivity contribution in [3.05, 3.63) is 22.4 Å². The number of hydrogen-bond acceptors (Lipinski definition) is 7. The van der Waals surface area contributed by atoms with E-state index in [1.165, 1.54) is 22.6 Å². The molecule has 1 amide bonds. The molecule has 0 saturated carbocycles. The second-order valence-corrected chi connectivity index (χ2v) is 4.81. The lowest BCUT2D eigenvalue weighted by Gasteiger charge is -2.01. The highest BCUT2D eigenvalue weighted by Crippen LogP contribution is 2.13. The van der Waals surface area contributed by atoms with Gasteiger partial charge in [-0.15, -0.1) is 10.2 Å². The first kappa shape index (κ1) is 14.3. The first-order valence-electron chi connectivity index (χ1n) is 5.84. The Morgan fingerprint density at radius 3 is 3.10 bits per heavy atom. The van der Waals surface area contributed by atoms with Gasteiger partial charge >= 0.3 is 5.69 Å². The van der Waals surface area contributed by atoms with Gasteiger partial charge in [0.05, 0.1) is 12.7 Å². The van der Waals surface area contributed by atoms with E-state index >= 15 is 0 Å². The minimum absolute atomic E-state index is 0.155. The molecule has 0 radical (unpaired) electrons. The normalized spacial score (nSPS) is 10.7. The number of carbonyl (C=O) groups excluding carboxylic acids is 1. The quantitative estimate of drug-likeness (QED) is 0.257. The molecule has 0 saturated heterocycles. The van der Waals surface area contributed by atoms with Crippen molar-refractivity contribution in [2.45, 2.75) is 25.2 Å². The molecule has 108 valence electrons. The maximum atomic E-state index is 11.4. The van der Waals surface area contributed by atoms with Crippen LogP contribution in [-0.4, -0.2) is 41.4 Å². The van der Waals surface area contributed by atoms with Gasteiger partial charge in [-0.1, -0.05) is 17.0 Å². The summed E-state index contributed by atoms with van der Waals surface area (Å²) in [4.78, 5) is 22.6. The number of nitrogen functional groups attached to an aromatic ring is 1. The molecule has 2 heterocycles. The number of hydrazine groups is 1. The minimum Gasteiger partial charge on any atom is -0.289 e. The lowest BCUT2D eigenvalue weighted by atomic mass is 10.5. The van der Waals surface area contributed by atoms with Crippen molar-refractivity contribution in [2.24, 2.45) is 5.84 Å². The highest BCUT2D eigenvalue weighted by atomic mass is 32.2. The standard InChI is InChI=1S/C9H14N8O2S/c1-2-17-8(19)13-14-9(17)20-4-3-16-5-6(12-15-16)7(18)11-10/h5H,2-4,10H2,1H3,(H,11,18)(H,13,19). The molecule has 10 nitrogen and oxygen atoms in total. The fourth-order valence-corrected chi connectivity index (χ4v) is 2.45. The first-order valence-corrected chi connectivity index (χ1v) is 6.83. The first-order chi connectivity index (χ1) is 9.65. The summed E-state index contributed by atoms with van der Waals surface area (Å²) in [5.41, 5.74) is 1.91. The van der Waals surface area contributed by atoms with Gasteiger partial charge in [0.15, 0.2) is 10.9 Å². The van der Waals surface area contributed by atoms with Crippen molar-refractivity contribution >= 4 is 17.7 Å². The fourth-order valence-electron chi connectivity index (χ4n) is 1.51. The number of aryl methyl sites for hydroxylation is 1. The Morgan fingerprint density at radius 2 is 2.40 bits per heavy atom. The zero-order valence-corrected chi connectivity index (χ0v) is 11.6. The molecule has 0 bridgehead atoms. The number of nitrogens with one attached hydrogen (secondary N) is 2. The van der Waals surface area contributed by atoms with Crippen molar-refractivity contribution in [3.8, 4) is 0 Å². The third kappa shape index (κ3) is 3.05. The van der Waals surface area contributed by atoms with Crippen LogP contribution in [0.5, 0.6) is 0 Å². The molecule has 11 heteroatoms. The van der Waals surface area contributed by atoms with Crippen LogP contribution in [0.1, 0.15) is 17.4 Å². The lowest BCUT2D eigenvalue weighted by molar-refractivity contribution is 0.0948. The Bertz CT molecular complexity index is 644. The second kappa shape index (κ2) is 6.34. The van der Waals surface area contributed by atoms with Crippen LogP contribution in [0.25, 0.3) is 0 Å². The number of carbonyl (C=O) groups is 1. The van der Waals surface area contributed by atoms with Crippen LogP contribution in [0.3, 0.4) is 0 Å². The van der Waals surface area contributed by atoms with Gasteiger partial charge in [0, 0.05) is 12.3 Å². The van der Waals surface area contributed by atoms with E-state index in [1.54, 1.807) is 4.57 Å². The van der Waals surface area contributed by atoms with E-state index in [9.17, 15) is 9.59 Å². The molecule has 2 aromatic heterocycles. The number of nitrogens with two attached hydrogens (primary N) is 1. The summed E-state index contributed by atoms with van der Waals surface area (Å²) >= 11 is 1.42. The number of aromatic amines is 1. The summed E-state index contributed by atoms with van der Waals surface area (Å²) in [5, 5.41) is 14.4. The summed E-state index contributed by atoms with van der Waals surface area (Å²) in [7, 11) is 0. The van der Waals surface area contributed by atoms with E-state index in [0.29, 0.717) is 24.0 Å². The summed E-state index contributed by atoms with van der Waals surface area (Å²) in [5.74, 6) is 5.15. The summed E-state index contributed by atoms with van der Waals surface area (Å²) in [6.45, 7) is 2.96. The SMILES string of the molecule is CCn1c(SCCn2cc(C(=O)NN)nn2)n[nH]c1=O. The molecule has 0 fully saturated rings. The van der Waals surface area contributed by atoms with Crippen molar-refractivity contribution in [3.63, 3.8) is 0 Å². The minimum atomic E-state index is -0.490. The van der Waals surface area contributed by atoms with Gasteiger partial charge in [-0.2, -0.15) is 0 Å². The molecule has 2 aromatic rings. The van der Waals surface area contributed by atoms with Crippen LogP contribution in [0, 0.1) is 0 Å². The topological polar surface area (TPSA) is 137 Å². The van der Waals surface area contributed by atoms with E-state index in [1.807, 2.05) is 12.3 Å². The second-order valence-electron chi connectivity index (χ2n) is 3.74. The molecule has 0 aromatic carbocycles. The average Bonchev–Trinajstić information content (AvgIpc) is 3.05. The van der Waals surface area contributed by atoms with Gasteiger partial charge < -0.3 is 0 Å². The zero-order valence-electron chi connectivity index (χ0n) is 10.7. The number of nitrogens with zero attached hydrogens (tertiary/aromatic N) is 5. The van der Waals surface area contributed by atoms with E-state index in [-0.39, 0.29) is 11.4 Å². The maximum Gasteiger partial charge on any atom is 0.343 e. The number of rotatable bonds is 6. The van der Waals surface area contributed by atoms with Crippen LogP contribution >= 0.6 is 11.8 Å². The zero-order chi connectivity index (χ0) is 14.5. The number of H-pyrrole nitrogens is 1. The summed E-state index contributed by atoms with van der Waals surface area (Å²) in [6.07, 6.45) is 1.50. The molecule has 20 heavy (non-hydrogen) atoms. The highest BCUT2D eigenvalue weighted by Gasteiger charge is 2.10. The Hall–Kier alpha value is -2.14. The maximum absolute atomic E-state index is 11.4. The van der Waals surface area contributed by atoms with Crippen LogP contribution in [0.15, 0.2) is 16.1 Å². The van der Waals surface area contributed by atoms with E-state index in [2.05, 4.69) is 20.5 Å². The molecule has 4 N–H and O–H groups in total. The number of hydrogen-bond donors (Lipinski definition) is 3. The molecule has 0 atom stereocenters. The van der Waals surface area contributed by atoms with Gasteiger partial charge in [-0.05, 0) is 6.92 Å². The molecule has 2 rings (SSSR count). The molecular weight excluding hydrogens is 284 g/mol. The Labute approximate surface area is 117 Å². The predicted octanol–water partition coefficient (Wildman–Crippen LogP) is -1.42. The van der Waals surface area contributed by atoms with Gasteiger partial charge in [-0.25, -0.2) is 15.7 Å². The number of thioether (sulfide) groups is 1. The van der Waals surface area contributed by atoms with E-state index in [0.717, 1.165) is 0 Å². The van der Waals surface area contributed by atoms with E-state index in [4.69, 9.17) is 5.84 Å². The Balaban J connectivity index is 1.91. The Morgan fingerprint density at radius 1 is 1.60 bits per heavy atom. The van der Waals surface area contributed by atoms with E-state index < -0.39 is 5.91 Å². The Kier molecular flexibility index (Phi) is 4.53. The van der Waals surface area contributed by atoms with Gasteiger partial charge in [0.2, 0.25) is 0 Å². The third-order valence-electron chi connectivity index (χ3n) is 2.49. The summed E-state index contributed by atoms with van der Waals surface area (Å²) < 4.78 is 3.07. The van der Waals surface area contributed by atoms with Crippen molar-refractivity contribution in [2.75, 3.05) is 5.75 Å². The van der Waals surface area contributed by atoms with Crippen LogP contribution in [0.4, 0.5) is 0 Å². The predicted molar refractivity (Wildman–Crippen MR) is 70.9 cm³/mol. The van der Waals surface area contributed by atoms with Crippen LogP contribution in [-0.2, 0) is 13.1 Å². The molecule has 0 aliphatic heterocycles. The molecule has 0 unspecified atom stereocenters. The monoisotopic (exact) mass is 298 g/mol. The number of aromatic nitrogens is 6. The molecule has 0 aliphatic carbocycles. The average molecular weight is 298 g/mol. The van der Waals surface area contributed by atoms with Crippen LogP contribution < -0.4 is 17.0 Å². The van der Waals surface area contributed by atoms with Crippen LogP contribution in [0.2, 0.25) is 0 Å². The van der Waals surface area contributed by atoms with Gasteiger partial charge in [0.1, 0.15) is 0 Å². The molecule has 0 spiro atoms. The smallest absolute Gasteiger partial charge is 0.289 e. The van der Waals surface area contributed by atoms with Crippen molar-refractivity contribution in [1.82, 2.24) is 35.2 Å². The number of amides is 1. The highest BCUT2D eigenvalue weighted by molar-refractivity contribution is 7.99. The molecule has 0 aliphatic rings. The van der Waals surface area contributed by atoms with Crippen molar-refractivity contribution < 1.29 is 4.79 Å². The fraction of sp³-hybridized carbons (Fsp3) is 0.444.